The molecule has 2 atom stereocenters. The van der Waals surface area contributed by atoms with Crippen molar-refractivity contribution in [1.82, 2.24) is 9.62 Å². The van der Waals surface area contributed by atoms with E-state index in [2.05, 4.69) is 19.2 Å². The predicted molar refractivity (Wildman–Crippen MR) is 74.0 cm³/mol. The van der Waals surface area contributed by atoms with Gasteiger partial charge in [-0.25, -0.2) is 8.42 Å². The number of rotatable bonds is 4. The Bertz CT molecular complexity index is 361. The summed E-state index contributed by atoms with van der Waals surface area (Å²) in [6.07, 6.45) is 5.37. The van der Waals surface area contributed by atoms with Crippen molar-refractivity contribution in [2.45, 2.75) is 58.0 Å². The Morgan fingerprint density at radius 2 is 2.00 bits per heavy atom. The molecule has 5 heteroatoms. The molecule has 0 spiro atoms. The minimum atomic E-state index is -3.08. The first-order valence-electron chi connectivity index (χ1n) is 7.23. The number of hydrogen-bond acceptors (Lipinski definition) is 3. The molecule has 2 saturated heterocycles. The molecule has 4 nitrogen and oxygen atoms in total. The van der Waals surface area contributed by atoms with E-state index in [1.165, 1.54) is 6.42 Å². The van der Waals surface area contributed by atoms with Gasteiger partial charge in [0.05, 0.1) is 5.75 Å². The van der Waals surface area contributed by atoms with E-state index < -0.39 is 10.0 Å². The third-order valence-corrected chi connectivity index (χ3v) is 6.19. The molecular formula is C13H26N2O2S. The maximum absolute atomic E-state index is 12.5. The molecule has 0 aromatic carbocycles. The summed E-state index contributed by atoms with van der Waals surface area (Å²) in [6.45, 7) is 5.93. The van der Waals surface area contributed by atoms with Gasteiger partial charge in [-0.3, -0.25) is 0 Å². The van der Waals surface area contributed by atoms with Crippen molar-refractivity contribution in [2.24, 2.45) is 5.92 Å². The molecule has 0 amide bonds. The molecule has 2 heterocycles. The second kappa shape index (κ2) is 5.88. The van der Waals surface area contributed by atoms with E-state index in [4.69, 9.17) is 0 Å². The van der Waals surface area contributed by atoms with Crippen molar-refractivity contribution in [1.29, 1.82) is 0 Å². The van der Waals surface area contributed by atoms with Crippen LogP contribution in [0.1, 0.15) is 46.0 Å². The normalized spacial score (nSPS) is 31.1. The fraction of sp³-hybridized carbons (Fsp3) is 1.00. The molecule has 2 aliphatic rings. The van der Waals surface area contributed by atoms with Gasteiger partial charge in [0.25, 0.3) is 0 Å². The fourth-order valence-corrected chi connectivity index (χ4v) is 5.35. The SMILES string of the molecule is CC(C)C1CCCN1S(=O)(=O)CC1CCCCN1. The topological polar surface area (TPSA) is 49.4 Å². The van der Waals surface area contributed by atoms with Crippen molar-refractivity contribution in [3.8, 4) is 0 Å². The van der Waals surface area contributed by atoms with Gasteiger partial charge >= 0.3 is 0 Å². The minimum absolute atomic E-state index is 0.164. The van der Waals surface area contributed by atoms with E-state index in [1.54, 1.807) is 4.31 Å². The first-order valence-corrected chi connectivity index (χ1v) is 8.84. The van der Waals surface area contributed by atoms with Crippen LogP contribution >= 0.6 is 0 Å². The van der Waals surface area contributed by atoms with Crippen molar-refractivity contribution >= 4 is 10.0 Å². The van der Waals surface area contributed by atoms with Crippen LogP contribution in [0.2, 0.25) is 0 Å². The van der Waals surface area contributed by atoms with Crippen LogP contribution in [0.4, 0.5) is 0 Å². The molecule has 0 saturated carbocycles. The van der Waals surface area contributed by atoms with E-state index >= 15 is 0 Å². The highest BCUT2D eigenvalue weighted by Gasteiger charge is 2.36. The Balaban J connectivity index is 2.00. The third kappa shape index (κ3) is 3.25. The first-order chi connectivity index (χ1) is 8.50. The number of piperidine rings is 1. The average molecular weight is 274 g/mol. The summed E-state index contributed by atoms with van der Waals surface area (Å²) in [5.41, 5.74) is 0. The molecule has 2 fully saturated rings. The average Bonchev–Trinajstić information content (AvgIpc) is 2.79. The summed E-state index contributed by atoms with van der Waals surface area (Å²) in [5, 5.41) is 3.34. The van der Waals surface area contributed by atoms with Crippen LogP contribution in [0.5, 0.6) is 0 Å². The monoisotopic (exact) mass is 274 g/mol. The van der Waals surface area contributed by atoms with Crippen LogP contribution in [0, 0.1) is 5.92 Å². The van der Waals surface area contributed by atoms with E-state index in [9.17, 15) is 8.42 Å². The van der Waals surface area contributed by atoms with Gasteiger partial charge in [0, 0.05) is 18.6 Å². The summed E-state index contributed by atoms with van der Waals surface area (Å²) >= 11 is 0. The van der Waals surface area contributed by atoms with Crippen molar-refractivity contribution < 1.29 is 8.42 Å². The zero-order chi connectivity index (χ0) is 13.2. The molecule has 0 bridgehead atoms. The Morgan fingerprint density at radius 1 is 1.22 bits per heavy atom. The maximum Gasteiger partial charge on any atom is 0.215 e. The van der Waals surface area contributed by atoms with Gasteiger partial charge in [-0.05, 0) is 38.1 Å². The molecule has 106 valence electrons. The highest BCUT2D eigenvalue weighted by atomic mass is 32.2. The third-order valence-electron chi connectivity index (χ3n) is 4.20. The molecule has 0 aromatic heterocycles. The van der Waals surface area contributed by atoms with Gasteiger partial charge in [0.2, 0.25) is 10.0 Å². The Kier molecular flexibility index (Phi) is 4.67. The number of nitrogens with one attached hydrogen (secondary N) is 1. The standard InChI is InChI=1S/C13H26N2O2S/c1-11(2)13-7-5-9-15(13)18(16,17)10-12-6-3-4-8-14-12/h11-14H,3-10H2,1-2H3. The van der Waals surface area contributed by atoms with Crippen LogP contribution in [0.25, 0.3) is 0 Å². The maximum atomic E-state index is 12.5. The van der Waals surface area contributed by atoms with Crippen LogP contribution in [0.15, 0.2) is 0 Å². The van der Waals surface area contributed by atoms with Gasteiger partial charge in [0.15, 0.2) is 0 Å². The summed E-state index contributed by atoms with van der Waals surface area (Å²) in [7, 11) is -3.08. The van der Waals surface area contributed by atoms with Gasteiger partial charge < -0.3 is 5.32 Å². The smallest absolute Gasteiger partial charge is 0.215 e. The second-order valence-corrected chi connectivity index (χ2v) is 7.96. The van der Waals surface area contributed by atoms with Gasteiger partial charge in [0.1, 0.15) is 0 Å². The summed E-state index contributed by atoms with van der Waals surface area (Å²) in [4.78, 5) is 0. The molecule has 18 heavy (non-hydrogen) atoms. The van der Waals surface area contributed by atoms with Crippen LogP contribution in [0.3, 0.4) is 0 Å². The van der Waals surface area contributed by atoms with Crippen molar-refractivity contribution in [2.75, 3.05) is 18.8 Å². The summed E-state index contributed by atoms with van der Waals surface area (Å²) in [6, 6.07) is 0.385. The van der Waals surface area contributed by atoms with E-state index in [0.29, 0.717) is 5.92 Å². The Labute approximate surface area is 111 Å². The van der Waals surface area contributed by atoms with Gasteiger partial charge in [-0.15, -0.1) is 0 Å². The highest BCUT2D eigenvalue weighted by molar-refractivity contribution is 7.89. The lowest BCUT2D eigenvalue weighted by atomic mass is 10.0. The minimum Gasteiger partial charge on any atom is -0.313 e. The predicted octanol–water partition coefficient (Wildman–Crippen LogP) is 1.58. The quantitative estimate of drug-likeness (QED) is 0.847. The summed E-state index contributed by atoms with van der Waals surface area (Å²) < 4.78 is 26.8. The van der Waals surface area contributed by atoms with Crippen molar-refractivity contribution in [3.05, 3.63) is 0 Å². The highest BCUT2D eigenvalue weighted by Crippen LogP contribution is 2.27. The molecule has 0 aliphatic carbocycles. The van der Waals surface area contributed by atoms with Crippen molar-refractivity contribution in [3.63, 3.8) is 0 Å². The molecule has 0 aromatic rings. The lowest BCUT2D eigenvalue weighted by Gasteiger charge is -2.30. The number of hydrogen-bond donors (Lipinski definition) is 1. The van der Waals surface area contributed by atoms with Crippen LogP contribution < -0.4 is 5.32 Å². The lowest BCUT2D eigenvalue weighted by Crippen LogP contribution is -2.46. The molecule has 2 rings (SSSR count). The Hall–Kier alpha value is -0.130. The molecule has 1 N–H and O–H groups in total. The Morgan fingerprint density at radius 3 is 2.61 bits per heavy atom. The molecular weight excluding hydrogens is 248 g/mol. The van der Waals surface area contributed by atoms with Gasteiger partial charge in [-0.2, -0.15) is 4.31 Å². The van der Waals surface area contributed by atoms with E-state index in [-0.39, 0.29) is 17.8 Å². The fourth-order valence-electron chi connectivity index (χ4n) is 3.19. The zero-order valence-corrected chi connectivity index (χ0v) is 12.4. The molecule has 0 radical (unpaired) electrons. The number of nitrogens with zero attached hydrogens (tertiary/aromatic N) is 1. The molecule has 2 unspecified atom stereocenters. The number of sulfonamides is 1. The largest absolute Gasteiger partial charge is 0.313 e. The van der Waals surface area contributed by atoms with E-state index in [0.717, 1.165) is 38.8 Å². The van der Waals surface area contributed by atoms with E-state index in [1.807, 2.05) is 0 Å². The zero-order valence-electron chi connectivity index (χ0n) is 11.6. The van der Waals surface area contributed by atoms with Crippen LogP contribution in [-0.2, 0) is 10.0 Å². The lowest BCUT2D eigenvalue weighted by molar-refractivity contribution is 0.312. The second-order valence-electron chi connectivity index (χ2n) is 5.99. The first kappa shape index (κ1) is 14.3. The van der Waals surface area contributed by atoms with Gasteiger partial charge in [-0.1, -0.05) is 20.3 Å². The molecule has 2 aliphatic heterocycles. The van der Waals surface area contributed by atoms with Crippen LogP contribution in [-0.4, -0.2) is 43.6 Å². The summed E-state index contributed by atoms with van der Waals surface area (Å²) in [5.74, 6) is 0.706.